The molecule has 21 heavy (non-hydrogen) atoms. The highest BCUT2D eigenvalue weighted by molar-refractivity contribution is 5.79. The van der Waals surface area contributed by atoms with Gasteiger partial charge in [0.2, 0.25) is 6.54 Å². The van der Waals surface area contributed by atoms with Gasteiger partial charge in [-0.3, -0.25) is 15.1 Å². The van der Waals surface area contributed by atoms with Crippen LogP contribution < -0.4 is 0 Å². The molecule has 0 aliphatic heterocycles. The van der Waals surface area contributed by atoms with E-state index in [-0.39, 0.29) is 11.5 Å². The largest absolute Gasteiger partial charge is 0.278 e. The number of nitrogens with zero attached hydrogens (tertiary/aromatic N) is 2. The minimum atomic E-state index is -0.457. The molecule has 4 nitrogen and oxygen atoms in total. The van der Waals surface area contributed by atoms with Crippen LogP contribution in [0.15, 0.2) is 53.5 Å². The van der Waals surface area contributed by atoms with Crippen molar-refractivity contribution in [1.82, 2.24) is 0 Å². The van der Waals surface area contributed by atoms with Gasteiger partial charge in [0, 0.05) is 11.1 Å². The molecule has 0 N–H and O–H groups in total. The first-order valence-corrected chi connectivity index (χ1v) is 6.83. The summed E-state index contributed by atoms with van der Waals surface area (Å²) in [6.07, 6.45) is 1.70. The third kappa shape index (κ3) is 4.53. The molecule has 0 aliphatic rings. The van der Waals surface area contributed by atoms with Crippen molar-refractivity contribution in [3.05, 3.63) is 80.9 Å². The van der Waals surface area contributed by atoms with Crippen LogP contribution in [0.25, 0.3) is 0 Å². The van der Waals surface area contributed by atoms with Crippen molar-refractivity contribution in [2.75, 3.05) is 6.54 Å². The van der Waals surface area contributed by atoms with Gasteiger partial charge in [-0.2, -0.15) is 0 Å². The van der Waals surface area contributed by atoms with Crippen LogP contribution in [0.1, 0.15) is 28.3 Å². The molecule has 2 rings (SSSR count). The van der Waals surface area contributed by atoms with Gasteiger partial charge in [-0.25, -0.2) is 0 Å². The fraction of sp³-hybridized carbons (Fsp3) is 0.235. The van der Waals surface area contributed by atoms with Crippen LogP contribution in [-0.2, 0) is 0 Å². The molecular formula is C17H18N2O2. The molecule has 1 atom stereocenters. The molecule has 1 unspecified atom stereocenters. The molecule has 0 spiro atoms. The molecule has 0 saturated carbocycles. The number of rotatable bonds is 5. The predicted molar refractivity (Wildman–Crippen MR) is 84.6 cm³/mol. The summed E-state index contributed by atoms with van der Waals surface area (Å²) in [6.45, 7) is 3.80. The summed E-state index contributed by atoms with van der Waals surface area (Å²) < 4.78 is 0. The van der Waals surface area contributed by atoms with Crippen LogP contribution in [0.4, 0.5) is 0 Å². The van der Waals surface area contributed by atoms with Crippen LogP contribution in [0.3, 0.4) is 0 Å². The number of benzene rings is 2. The predicted octanol–water partition coefficient (Wildman–Crippen LogP) is 3.74. The summed E-state index contributed by atoms with van der Waals surface area (Å²) in [5.74, 6) is 0. The number of aliphatic imine (C=N–C) groups is 1. The lowest BCUT2D eigenvalue weighted by Crippen LogP contribution is -2.11. The number of nitro groups is 1. The van der Waals surface area contributed by atoms with Crippen molar-refractivity contribution in [3.63, 3.8) is 0 Å². The molecule has 0 fully saturated rings. The first-order chi connectivity index (χ1) is 10.0. The molecule has 2 aromatic carbocycles. The molecule has 4 heteroatoms. The number of aryl methyl sites for hydroxylation is 2. The van der Waals surface area contributed by atoms with E-state index in [9.17, 15) is 10.1 Å². The van der Waals surface area contributed by atoms with Crippen LogP contribution in [0, 0.1) is 24.0 Å². The number of hydrogen-bond donors (Lipinski definition) is 0. The highest BCUT2D eigenvalue weighted by Crippen LogP contribution is 2.18. The Bertz CT molecular complexity index is 631. The Morgan fingerprint density at radius 1 is 1.05 bits per heavy atom. The van der Waals surface area contributed by atoms with Crippen LogP contribution in [0.2, 0.25) is 0 Å². The average Bonchev–Trinajstić information content (AvgIpc) is 2.46. The molecule has 0 radical (unpaired) electrons. The zero-order valence-electron chi connectivity index (χ0n) is 12.2. The Kier molecular flexibility index (Phi) is 4.82. The van der Waals surface area contributed by atoms with Crippen molar-refractivity contribution in [3.8, 4) is 0 Å². The van der Waals surface area contributed by atoms with Gasteiger partial charge < -0.3 is 0 Å². The maximum atomic E-state index is 10.8. The van der Waals surface area contributed by atoms with Crippen molar-refractivity contribution in [2.45, 2.75) is 19.9 Å². The molecule has 0 aliphatic carbocycles. The third-order valence-corrected chi connectivity index (χ3v) is 3.27. The lowest BCUT2D eigenvalue weighted by atomic mass is 10.1. The molecule has 0 heterocycles. The smallest absolute Gasteiger partial charge is 0.230 e. The maximum absolute atomic E-state index is 10.8. The van der Waals surface area contributed by atoms with Crippen molar-refractivity contribution in [2.24, 2.45) is 4.99 Å². The van der Waals surface area contributed by atoms with Gasteiger partial charge in [0.25, 0.3) is 0 Å². The molecule has 0 saturated heterocycles. The van der Waals surface area contributed by atoms with Crippen LogP contribution in [0.5, 0.6) is 0 Å². The Morgan fingerprint density at radius 2 is 1.57 bits per heavy atom. The molecular weight excluding hydrogens is 264 g/mol. The Hall–Kier alpha value is -2.49. The van der Waals surface area contributed by atoms with E-state index in [0.29, 0.717) is 0 Å². The standard InChI is InChI=1S/C17H18N2O2/c1-13-3-7-15(8-4-13)11-18-17(12-19(20)21)16-9-5-14(2)6-10-16/h3-11,17H,12H2,1-2H3. The van der Waals surface area contributed by atoms with E-state index in [1.54, 1.807) is 6.21 Å². The molecule has 0 bridgehead atoms. The van der Waals surface area contributed by atoms with Gasteiger partial charge in [0.05, 0.1) is 0 Å². The molecule has 108 valence electrons. The Labute approximate surface area is 124 Å². The minimum absolute atomic E-state index is 0.203. The SMILES string of the molecule is Cc1ccc(C=NC(C[N+](=O)[O-])c2ccc(C)cc2)cc1. The quantitative estimate of drug-likeness (QED) is 0.476. The highest BCUT2D eigenvalue weighted by Gasteiger charge is 2.15. The van der Waals surface area contributed by atoms with Crippen molar-refractivity contribution in [1.29, 1.82) is 0 Å². The Balaban J connectivity index is 2.21. The van der Waals surface area contributed by atoms with Gasteiger partial charge in [-0.15, -0.1) is 0 Å². The fourth-order valence-corrected chi connectivity index (χ4v) is 2.00. The highest BCUT2D eigenvalue weighted by atomic mass is 16.6. The first kappa shape index (κ1) is 14.9. The van der Waals surface area contributed by atoms with Crippen LogP contribution in [-0.4, -0.2) is 17.7 Å². The second-order valence-electron chi connectivity index (χ2n) is 5.13. The zero-order chi connectivity index (χ0) is 15.2. The van der Waals surface area contributed by atoms with Gasteiger partial charge in [0.1, 0.15) is 6.04 Å². The molecule has 2 aromatic rings. The van der Waals surface area contributed by atoms with E-state index in [4.69, 9.17) is 0 Å². The normalized spacial score (nSPS) is 12.5. The summed E-state index contributed by atoms with van der Waals surface area (Å²) in [5.41, 5.74) is 4.11. The van der Waals surface area contributed by atoms with E-state index in [1.807, 2.05) is 62.4 Å². The Morgan fingerprint density at radius 3 is 2.10 bits per heavy atom. The molecule has 0 aromatic heterocycles. The maximum Gasteiger partial charge on any atom is 0.230 e. The van der Waals surface area contributed by atoms with Gasteiger partial charge in [0.15, 0.2) is 0 Å². The fourth-order valence-electron chi connectivity index (χ4n) is 2.00. The van der Waals surface area contributed by atoms with E-state index < -0.39 is 6.04 Å². The summed E-state index contributed by atoms with van der Waals surface area (Å²) in [4.78, 5) is 14.9. The van der Waals surface area contributed by atoms with E-state index in [0.717, 1.165) is 16.7 Å². The average molecular weight is 282 g/mol. The molecule has 0 amide bonds. The summed E-state index contributed by atoms with van der Waals surface area (Å²) in [7, 11) is 0. The van der Waals surface area contributed by atoms with Gasteiger partial charge in [-0.1, -0.05) is 59.7 Å². The second kappa shape index (κ2) is 6.79. The second-order valence-corrected chi connectivity index (χ2v) is 5.13. The third-order valence-electron chi connectivity index (χ3n) is 3.27. The summed E-state index contributed by atoms with van der Waals surface area (Å²) in [6, 6.07) is 15.1. The van der Waals surface area contributed by atoms with Gasteiger partial charge >= 0.3 is 0 Å². The lowest BCUT2D eigenvalue weighted by molar-refractivity contribution is -0.483. The van der Waals surface area contributed by atoms with Crippen LogP contribution >= 0.6 is 0 Å². The van der Waals surface area contributed by atoms with E-state index in [2.05, 4.69) is 4.99 Å². The van der Waals surface area contributed by atoms with E-state index in [1.165, 1.54) is 5.56 Å². The number of hydrogen-bond acceptors (Lipinski definition) is 3. The zero-order valence-corrected chi connectivity index (χ0v) is 12.2. The summed E-state index contributed by atoms with van der Waals surface area (Å²) >= 11 is 0. The monoisotopic (exact) mass is 282 g/mol. The van der Waals surface area contributed by atoms with E-state index >= 15 is 0 Å². The topological polar surface area (TPSA) is 55.5 Å². The summed E-state index contributed by atoms with van der Waals surface area (Å²) in [5, 5.41) is 10.8. The van der Waals surface area contributed by atoms with Crippen molar-refractivity contribution >= 4 is 6.21 Å². The van der Waals surface area contributed by atoms with Crippen molar-refractivity contribution < 1.29 is 4.92 Å². The minimum Gasteiger partial charge on any atom is -0.278 e. The van der Waals surface area contributed by atoms with Gasteiger partial charge in [-0.05, 0) is 25.0 Å². The lowest BCUT2D eigenvalue weighted by Gasteiger charge is -2.08. The first-order valence-electron chi connectivity index (χ1n) is 6.83.